The van der Waals surface area contributed by atoms with E-state index in [0.717, 1.165) is 11.1 Å². The molecule has 0 aliphatic rings. The molecular formula is C24H26Cl2FN4O9P. The van der Waals surface area contributed by atoms with Gasteiger partial charge in [0.05, 0.1) is 23.8 Å². The van der Waals surface area contributed by atoms with Gasteiger partial charge in [-0.25, -0.2) is 19.2 Å². The van der Waals surface area contributed by atoms with Crippen molar-refractivity contribution in [3.8, 4) is 11.3 Å². The number of nitrogens with zero attached hydrogens (tertiary/aromatic N) is 2. The van der Waals surface area contributed by atoms with Crippen molar-refractivity contribution in [2.45, 2.75) is 32.0 Å². The molecule has 1 aromatic heterocycles. The summed E-state index contributed by atoms with van der Waals surface area (Å²) in [4.78, 5) is 42.8. The molecule has 0 bridgehead atoms. The molecule has 2 amide bonds. The lowest BCUT2D eigenvalue weighted by atomic mass is 10.1. The zero-order valence-electron chi connectivity index (χ0n) is 21.4. The number of carbonyl (C=O) groups is 2. The highest BCUT2D eigenvalue weighted by atomic mass is 35.5. The molecule has 3 aromatic rings. The third kappa shape index (κ3) is 10.4. The Balaban J connectivity index is 1.69. The van der Waals surface area contributed by atoms with Crippen LogP contribution in [0.1, 0.15) is 18.9 Å². The standard InChI is InChI=1S/C24H26Cl2FN4O9P/c1-14(32)31(28-11-16-5-3-7-20(27)23(16)26)18(9-19(33)13-39-41(35,36)37)12-38-24(34)29-22-10-21(40-30-22)15-4-2-6-17(25)8-15/h2-8,10,18-19,28,33H,9,11-13H2,1H3,(H,29,30,34)(H2,35,36,37). The number of hydrogen-bond donors (Lipinski definition) is 5. The summed E-state index contributed by atoms with van der Waals surface area (Å²) in [6.07, 6.45) is -2.82. The van der Waals surface area contributed by atoms with E-state index < -0.39 is 51.0 Å². The summed E-state index contributed by atoms with van der Waals surface area (Å²) in [5.74, 6) is -0.929. The van der Waals surface area contributed by atoms with Crippen LogP contribution in [0.3, 0.4) is 0 Å². The van der Waals surface area contributed by atoms with Gasteiger partial charge in [-0.1, -0.05) is 52.6 Å². The van der Waals surface area contributed by atoms with Gasteiger partial charge in [-0.05, 0) is 23.8 Å². The number of hydrazine groups is 1. The van der Waals surface area contributed by atoms with Gasteiger partial charge in [0, 0.05) is 36.5 Å². The van der Waals surface area contributed by atoms with Crippen molar-refractivity contribution in [2.24, 2.45) is 0 Å². The molecule has 0 fully saturated rings. The van der Waals surface area contributed by atoms with Crippen molar-refractivity contribution in [1.29, 1.82) is 0 Å². The first kappa shape index (κ1) is 32.4. The lowest BCUT2D eigenvalue weighted by molar-refractivity contribution is -0.137. The van der Waals surface area contributed by atoms with Crippen molar-refractivity contribution in [1.82, 2.24) is 15.6 Å². The van der Waals surface area contributed by atoms with Gasteiger partial charge in [0.2, 0.25) is 5.91 Å². The minimum atomic E-state index is -4.89. The second-order valence-corrected chi connectivity index (χ2v) is 10.6. The van der Waals surface area contributed by atoms with Gasteiger partial charge in [-0.3, -0.25) is 19.6 Å². The minimum Gasteiger partial charge on any atom is -0.447 e. The second kappa shape index (κ2) is 14.7. The highest BCUT2D eigenvalue weighted by Crippen LogP contribution is 2.36. The average molecular weight is 635 g/mol. The van der Waals surface area contributed by atoms with Crippen LogP contribution >= 0.6 is 31.0 Å². The number of aromatic nitrogens is 1. The Bertz CT molecular complexity index is 1410. The summed E-state index contributed by atoms with van der Waals surface area (Å²) < 4.78 is 39.6. The van der Waals surface area contributed by atoms with E-state index in [2.05, 4.69) is 20.4 Å². The van der Waals surface area contributed by atoms with Crippen molar-refractivity contribution in [2.75, 3.05) is 18.5 Å². The smallest absolute Gasteiger partial charge is 0.447 e. The molecule has 17 heteroatoms. The summed E-state index contributed by atoms with van der Waals surface area (Å²) >= 11 is 12.0. The number of nitrogens with one attached hydrogen (secondary N) is 2. The largest absolute Gasteiger partial charge is 0.469 e. The zero-order valence-corrected chi connectivity index (χ0v) is 23.8. The van der Waals surface area contributed by atoms with Crippen LogP contribution in [0.4, 0.5) is 15.0 Å². The summed E-state index contributed by atoms with van der Waals surface area (Å²) in [5, 5.41) is 17.7. The SMILES string of the molecule is CC(=O)N(NCc1cccc(F)c1Cl)C(COC(=O)Nc1cc(-c2cccc(Cl)c2)on1)CC(O)COP(=O)(O)O. The number of halogens is 3. The second-order valence-electron chi connectivity index (χ2n) is 8.58. The molecule has 2 atom stereocenters. The number of aliphatic hydroxyl groups is 1. The van der Waals surface area contributed by atoms with Crippen LogP contribution in [0, 0.1) is 5.82 Å². The molecule has 222 valence electrons. The lowest BCUT2D eigenvalue weighted by Gasteiger charge is -2.32. The zero-order chi connectivity index (χ0) is 30.2. The van der Waals surface area contributed by atoms with Crippen LogP contribution in [-0.2, 0) is 25.2 Å². The maximum absolute atomic E-state index is 13.8. The van der Waals surface area contributed by atoms with Gasteiger partial charge < -0.3 is 24.2 Å². The van der Waals surface area contributed by atoms with E-state index in [1.807, 2.05) is 0 Å². The Kier molecular flexibility index (Phi) is 11.6. The van der Waals surface area contributed by atoms with Crippen LogP contribution in [0.15, 0.2) is 53.1 Å². The number of aliphatic hydroxyl groups excluding tert-OH is 1. The van der Waals surface area contributed by atoms with Crippen LogP contribution < -0.4 is 10.7 Å². The fourth-order valence-electron chi connectivity index (χ4n) is 3.59. The molecule has 0 saturated carbocycles. The molecule has 13 nitrogen and oxygen atoms in total. The Labute approximate surface area is 243 Å². The summed E-state index contributed by atoms with van der Waals surface area (Å²) in [5.41, 5.74) is 3.68. The predicted octanol–water partition coefficient (Wildman–Crippen LogP) is 4.12. The number of phosphoric acid groups is 1. The molecule has 3 rings (SSSR count). The first-order valence-corrected chi connectivity index (χ1v) is 14.1. The molecular weight excluding hydrogens is 609 g/mol. The maximum atomic E-state index is 13.8. The van der Waals surface area contributed by atoms with Crippen molar-refractivity contribution < 1.29 is 47.2 Å². The van der Waals surface area contributed by atoms with Crippen molar-refractivity contribution in [3.63, 3.8) is 0 Å². The summed E-state index contributed by atoms with van der Waals surface area (Å²) in [6.45, 7) is -0.224. The van der Waals surface area contributed by atoms with E-state index in [0.29, 0.717) is 21.9 Å². The highest BCUT2D eigenvalue weighted by molar-refractivity contribution is 7.46. The van der Waals surface area contributed by atoms with Gasteiger partial charge in [-0.2, -0.15) is 0 Å². The Hall–Kier alpha value is -3.07. The number of hydrogen-bond acceptors (Lipinski definition) is 9. The molecule has 0 spiro atoms. The lowest BCUT2D eigenvalue weighted by Crippen LogP contribution is -2.52. The molecule has 2 aromatic carbocycles. The topological polar surface area (TPSA) is 184 Å². The van der Waals surface area contributed by atoms with Crippen LogP contribution in [0.5, 0.6) is 0 Å². The van der Waals surface area contributed by atoms with Crippen molar-refractivity contribution in [3.05, 3.63) is 70.0 Å². The molecule has 5 N–H and O–H groups in total. The Morgan fingerprint density at radius 3 is 2.59 bits per heavy atom. The number of anilines is 1. The maximum Gasteiger partial charge on any atom is 0.469 e. The van der Waals surface area contributed by atoms with Gasteiger partial charge in [0.1, 0.15) is 12.4 Å². The quantitative estimate of drug-likeness (QED) is 0.135. The fraction of sp³-hybridized carbons (Fsp3) is 0.292. The fourth-order valence-corrected chi connectivity index (χ4v) is 4.34. The predicted molar refractivity (Wildman–Crippen MR) is 145 cm³/mol. The van der Waals surface area contributed by atoms with E-state index in [1.165, 1.54) is 25.1 Å². The number of ether oxygens (including phenoxy) is 1. The number of phosphoric ester groups is 1. The minimum absolute atomic E-state index is 0.0129. The van der Waals surface area contributed by atoms with E-state index >= 15 is 0 Å². The monoisotopic (exact) mass is 634 g/mol. The molecule has 0 saturated heterocycles. The molecule has 2 unspecified atom stereocenters. The van der Waals surface area contributed by atoms with Gasteiger partial charge in [-0.15, -0.1) is 0 Å². The third-order valence-electron chi connectivity index (χ3n) is 5.41. The number of rotatable bonds is 13. The van der Waals surface area contributed by atoms with Gasteiger partial charge in [0.15, 0.2) is 11.6 Å². The van der Waals surface area contributed by atoms with Gasteiger partial charge in [0.25, 0.3) is 0 Å². The molecule has 0 aliphatic carbocycles. The van der Waals surface area contributed by atoms with Crippen LogP contribution in [-0.4, -0.2) is 62.4 Å². The summed E-state index contributed by atoms with van der Waals surface area (Å²) in [6, 6.07) is 11.2. The van der Waals surface area contributed by atoms with Gasteiger partial charge >= 0.3 is 13.9 Å². The molecule has 1 heterocycles. The normalized spacial score (nSPS) is 13.0. The van der Waals surface area contributed by atoms with E-state index in [1.54, 1.807) is 24.3 Å². The van der Waals surface area contributed by atoms with Crippen LogP contribution in [0.2, 0.25) is 10.0 Å². The molecule has 41 heavy (non-hydrogen) atoms. The molecule has 0 aliphatic heterocycles. The number of amides is 2. The number of carbonyl (C=O) groups excluding carboxylic acids is 2. The third-order valence-corrected chi connectivity index (χ3v) is 6.56. The highest BCUT2D eigenvalue weighted by Gasteiger charge is 2.28. The van der Waals surface area contributed by atoms with Crippen molar-refractivity contribution >= 4 is 48.8 Å². The first-order chi connectivity index (χ1) is 19.3. The molecule has 0 radical (unpaired) electrons. The summed E-state index contributed by atoms with van der Waals surface area (Å²) in [7, 11) is -4.89. The average Bonchev–Trinajstić information content (AvgIpc) is 3.36. The Morgan fingerprint density at radius 1 is 1.17 bits per heavy atom. The first-order valence-electron chi connectivity index (χ1n) is 11.8. The Morgan fingerprint density at radius 2 is 1.90 bits per heavy atom. The van der Waals surface area contributed by atoms with E-state index in [9.17, 15) is 23.7 Å². The number of benzene rings is 2. The van der Waals surface area contributed by atoms with E-state index in [-0.39, 0.29) is 23.8 Å². The van der Waals surface area contributed by atoms with E-state index in [4.69, 9.17) is 42.2 Å². The van der Waals surface area contributed by atoms with Crippen LogP contribution in [0.25, 0.3) is 11.3 Å².